The molecule has 1 fully saturated rings. The van der Waals surface area contributed by atoms with Gasteiger partial charge in [-0.2, -0.15) is 0 Å². The van der Waals surface area contributed by atoms with E-state index in [1.54, 1.807) is 0 Å². The number of nitrogens with one attached hydrogen (secondary N) is 1. The maximum Gasteiger partial charge on any atom is 0.119 e. The highest BCUT2D eigenvalue weighted by atomic mass is 16.5. The molecule has 100 valence electrons. The first-order valence-electron chi connectivity index (χ1n) is 7.31. The van der Waals surface area contributed by atoms with E-state index in [0.29, 0.717) is 0 Å². The summed E-state index contributed by atoms with van der Waals surface area (Å²) in [5.74, 6) is 1.80. The Bertz CT molecular complexity index is 345. The highest BCUT2D eigenvalue weighted by Gasteiger charge is 2.13. The lowest BCUT2D eigenvalue weighted by Gasteiger charge is -2.21. The van der Waals surface area contributed by atoms with Crippen LogP contribution in [0, 0.1) is 5.92 Å². The van der Waals surface area contributed by atoms with E-state index in [4.69, 9.17) is 4.74 Å². The first kappa shape index (κ1) is 13.4. The van der Waals surface area contributed by atoms with Crippen molar-refractivity contribution in [2.75, 3.05) is 13.2 Å². The van der Waals surface area contributed by atoms with E-state index < -0.39 is 0 Å². The first-order chi connectivity index (χ1) is 8.88. The molecule has 1 aliphatic rings. The van der Waals surface area contributed by atoms with E-state index >= 15 is 0 Å². The van der Waals surface area contributed by atoms with Crippen LogP contribution >= 0.6 is 0 Å². The van der Waals surface area contributed by atoms with Crippen molar-refractivity contribution < 1.29 is 4.74 Å². The normalized spacial score (nSPS) is 16.7. The monoisotopic (exact) mass is 247 g/mol. The topological polar surface area (TPSA) is 21.3 Å². The lowest BCUT2D eigenvalue weighted by atomic mass is 9.90. The van der Waals surface area contributed by atoms with Gasteiger partial charge in [0, 0.05) is 6.54 Å². The Morgan fingerprint density at radius 1 is 1.22 bits per heavy atom. The summed E-state index contributed by atoms with van der Waals surface area (Å²) in [6.07, 6.45) is 6.87. The molecule has 0 radical (unpaired) electrons. The predicted molar refractivity (Wildman–Crippen MR) is 75.9 cm³/mol. The van der Waals surface area contributed by atoms with Gasteiger partial charge in [0.25, 0.3) is 0 Å². The fourth-order valence-corrected chi connectivity index (χ4v) is 2.58. The van der Waals surface area contributed by atoms with Crippen molar-refractivity contribution >= 4 is 0 Å². The van der Waals surface area contributed by atoms with E-state index in [-0.39, 0.29) is 0 Å². The molecular formula is C16H25NO. The molecule has 0 aromatic heterocycles. The maximum atomic E-state index is 5.94. The van der Waals surface area contributed by atoms with Crippen molar-refractivity contribution in [1.82, 2.24) is 5.32 Å². The molecule has 18 heavy (non-hydrogen) atoms. The third kappa shape index (κ3) is 4.34. The second-order valence-corrected chi connectivity index (χ2v) is 5.24. The van der Waals surface area contributed by atoms with Gasteiger partial charge < -0.3 is 10.1 Å². The van der Waals surface area contributed by atoms with Gasteiger partial charge in [0.05, 0.1) is 6.61 Å². The van der Waals surface area contributed by atoms with Crippen LogP contribution < -0.4 is 10.1 Å². The molecule has 1 aromatic rings. The van der Waals surface area contributed by atoms with Crippen LogP contribution in [0.3, 0.4) is 0 Å². The summed E-state index contributed by atoms with van der Waals surface area (Å²) in [6, 6.07) is 8.46. The molecule has 0 heterocycles. The SMILES string of the molecule is CCNCc1cccc(OCC2CCCCC2)c1. The van der Waals surface area contributed by atoms with Crippen LogP contribution in [0.2, 0.25) is 0 Å². The molecule has 2 rings (SSSR count). The van der Waals surface area contributed by atoms with Gasteiger partial charge in [-0.3, -0.25) is 0 Å². The lowest BCUT2D eigenvalue weighted by Crippen LogP contribution is -2.15. The molecule has 0 spiro atoms. The Kier molecular flexibility index (Phi) is 5.53. The van der Waals surface area contributed by atoms with E-state index in [0.717, 1.165) is 31.4 Å². The number of hydrogen-bond donors (Lipinski definition) is 1. The minimum atomic E-state index is 0.774. The summed E-state index contributed by atoms with van der Waals surface area (Å²) >= 11 is 0. The van der Waals surface area contributed by atoms with E-state index in [2.05, 4.69) is 36.5 Å². The van der Waals surface area contributed by atoms with Crippen molar-refractivity contribution in [3.05, 3.63) is 29.8 Å². The molecule has 2 heteroatoms. The molecule has 1 aliphatic carbocycles. The Balaban J connectivity index is 1.80. The second kappa shape index (κ2) is 7.42. The lowest BCUT2D eigenvalue weighted by molar-refractivity contribution is 0.208. The van der Waals surface area contributed by atoms with Gasteiger partial charge in [0.2, 0.25) is 0 Å². The molecule has 0 unspecified atom stereocenters. The number of rotatable bonds is 6. The predicted octanol–water partition coefficient (Wildman–Crippen LogP) is 3.76. The molecule has 1 N–H and O–H groups in total. The molecule has 2 nitrogen and oxygen atoms in total. The third-order valence-corrected chi connectivity index (χ3v) is 3.69. The molecule has 0 bridgehead atoms. The standard InChI is InChI=1S/C16H25NO/c1-2-17-12-15-9-6-10-16(11-15)18-13-14-7-4-3-5-8-14/h6,9-11,14,17H,2-5,7-8,12-13H2,1H3. The highest BCUT2D eigenvalue weighted by Crippen LogP contribution is 2.24. The van der Waals surface area contributed by atoms with Crippen LogP contribution in [0.15, 0.2) is 24.3 Å². The zero-order chi connectivity index (χ0) is 12.6. The summed E-state index contributed by atoms with van der Waals surface area (Å²) in [5.41, 5.74) is 1.30. The number of benzene rings is 1. The van der Waals surface area contributed by atoms with Gasteiger partial charge >= 0.3 is 0 Å². The minimum Gasteiger partial charge on any atom is -0.493 e. The quantitative estimate of drug-likeness (QED) is 0.826. The molecule has 0 atom stereocenters. The zero-order valence-electron chi connectivity index (χ0n) is 11.5. The third-order valence-electron chi connectivity index (χ3n) is 3.69. The van der Waals surface area contributed by atoms with E-state index in [9.17, 15) is 0 Å². The average Bonchev–Trinajstić information content (AvgIpc) is 2.44. The molecular weight excluding hydrogens is 222 g/mol. The summed E-state index contributed by atoms with van der Waals surface area (Å²) in [5, 5.41) is 3.34. The Morgan fingerprint density at radius 3 is 2.83 bits per heavy atom. The summed E-state index contributed by atoms with van der Waals surface area (Å²) in [4.78, 5) is 0. The van der Waals surface area contributed by atoms with Crippen molar-refractivity contribution in [3.63, 3.8) is 0 Å². The average molecular weight is 247 g/mol. The zero-order valence-corrected chi connectivity index (χ0v) is 11.5. The van der Waals surface area contributed by atoms with Crippen molar-refractivity contribution in [3.8, 4) is 5.75 Å². The molecule has 0 aliphatic heterocycles. The Morgan fingerprint density at radius 2 is 2.06 bits per heavy atom. The van der Waals surface area contributed by atoms with Crippen LogP contribution in [0.4, 0.5) is 0 Å². The van der Waals surface area contributed by atoms with Crippen molar-refractivity contribution in [2.45, 2.75) is 45.6 Å². The van der Waals surface area contributed by atoms with Gasteiger partial charge in [0.15, 0.2) is 0 Å². The van der Waals surface area contributed by atoms with Gasteiger partial charge in [-0.25, -0.2) is 0 Å². The van der Waals surface area contributed by atoms with Crippen LogP contribution in [-0.4, -0.2) is 13.2 Å². The Labute approximate surface area is 111 Å². The van der Waals surface area contributed by atoms with Crippen LogP contribution in [0.1, 0.15) is 44.6 Å². The van der Waals surface area contributed by atoms with Gasteiger partial charge in [-0.15, -0.1) is 0 Å². The fourth-order valence-electron chi connectivity index (χ4n) is 2.58. The fraction of sp³-hybridized carbons (Fsp3) is 0.625. The second-order valence-electron chi connectivity index (χ2n) is 5.24. The summed E-state index contributed by atoms with van der Waals surface area (Å²) < 4.78 is 5.94. The smallest absolute Gasteiger partial charge is 0.119 e. The minimum absolute atomic E-state index is 0.774. The largest absolute Gasteiger partial charge is 0.493 e. The molecule has 0 saturated heterocycles. The number of hydrogen-bond acceptors (Lipinski definition) is 2. The van der Waals surface area contributed by atoms with Gasteiger partial charge in [0.1, 0.15) is 5.75 Å². The van der Waals surface area contributed by atoms with Crippen LogP contribution in [0.25, 0.3) is 0 Å². The molecule has 1 saturated carbocycles. The van der Waals surface area contributed by atoms with Crippen molar-refractivity contribution in [1.29, 1.82) is 0 Å². The highest BCUT2D eigenvalue weighted by molar-refractivity contribution is 5.28. The molecule has 1 aromatic carbocycles. The first-order valence-corrected chi connectivity index (χ1v) is 7.31. The van der Waals surface area contributed by atoms with E-state index in [1.165, 1.54) is 37.7 Å². The summed E-state index contributed by atoms with van der Waals surface area (Å²) in [6.45, 7) is 4.96. The molecule has 0 amide bonds. The van der Waals surface area contributed by atoms with Gasteiger partial charge in [-0.1, -0.05) is 38.3 Å². The number of ether oxygens (including phenoxy) is 1. The Hall–Kier alpha value is -1.02. The van der Waals surface area contributed by atoms with Crippen LogP contribution in [0.5, 0.6) is 5.75 Å². The van der Waals surface area contributed by atoms with Gasteiger partial charge in [-0.05, 0) is 43.0 Å². The maximum absolute atomic E-state index is 5.94. The van der Waals surface area contributed by atoms with Crippen molar-refractivity contribution in [2.24, 2.45) is 5.92 Å². The van der Waals surface area contributed by atoms with E-state index in [1.807, 2.05) is 0 Å². The summed E-state index contributed by atoms with van der Waals surface area (Å²) in [7, 11) is 0. The van der Waals surface area contributed by atoms with Crippen LogP contribution in [-0.2, 0) is 6.54 Å².